The van der Waals surface area contributed by atoms with Crippen LogP contribution < -0.4 is 5.32 Å². The van der Waals surface area contributed by atoms with E-state index in [-0.39, 0.29) is 0 Å². The van der Waals surface area contributed by atoms with Crippen LogP contribution in [0.1, 0.15) is 13.3 Å². The van der Waals surface area contributed by atoms with Gasteiger partial charge in [-0.05, 0) is 18.6 Å². The van der Waals surface area contributed by atoms with Crippen LogP contribution in [0.4, 0.5) is 5.82 Å². The molecule has 0 aliphatic heterocycles. The van der Waals surface area contributed by atoms with Crippen LogP contribution in [0.25, 0.3) is 11.4 Å². The van der Waals surface area contributed by atoms with Crippen molar-refractivity contribution in [2.45, 2.75) is 13.3 Å². The Labute approximate surface area is 94.5 Å². The van der Waals surface area contributed by atoms with E-state index in [1.165, 1.54) is 0 Å². The number of hydrogen-bond acceptors (Lipinski definition) is 4. The van der Waals surface area contributed by atoms with Gasteiger partial charge in [-0.1, -0.05) is 18.2 Å². The maximum absolute atomic E-state index is 4.50. The van der Waals surface area contributed by atoms with E-state index in [2.05, 4.69) is 27.5 Å². The first kappa shape index (κ1) is 10.6. The summed E-state index contributed by atoms with van der Waals surface area (Å²) < 4.78 is 1.71. The van der Waals surface area contributed by atoms with E-state index >= 15 is 0 Å². The third kappa shape index (κ3) is 2.18. The van der Waals surface area contributed by atoms with E-state index in [1.807, 2.05) is 25.2 Å². The highest BCUT2D eigenvalue weighted by Gasteiger charge is 2.05. The van der Waals surface area contributed by atoms with Crippen LogP contribution in [0.3, 0.4) is 0 Å². The van der Waals surface area contributed by atoms with Gasteiger partial charge in [0.05, 0.1) is 11.9 Å². The topological polar surface area (TPSA) is 55.6 Å². The van der Waals surface area contributed by atoms with Crippen molar-refractivity contribution in [2.24, 2.45) is 7.05 Å². The maximum Gasteiger partial charge on any atom is 0.126 e. The van der Waals surface area contributed by atoms with Crippen molar-refractivity contribution in [2.75, 3.05) is 11.9 Å². The second-order valence-electron chi connectivity index (χ2n) is 3.58. The van der Waals surface area contributed by atoms with E-state index in [9.17, 15) is 0 Å². The predicted molar refractivity (Wildman–Crippen MR) is 63.0 cm³/mol. The lowest BCUT2D eigenvalue weighted by Crippen LogP contribution is -2.03. The Bertz CT molecular complexity index is 463. The van der Waals surface area contributed by atoms with Gasteiger partial charge in [0, 0.05) is 13.6 Å². The maximum atomic E-state index is 4.50. The summed E-state index contributed by atoms with van der Waals surface area (Å²) in [5, 5.41) is 11.0. The molecule has 0 amide bonds. The van der Waals surface area contributed by atoms with Gasteiger partial charge in [-0.15, -0.1) is 5.10 Å². The summed E-state index contributed by atoms with van der Waals surface area (Å²) >= 11 is 0. The molecule has 0 aromatic carbocycles. The van der Waals surface area contributed by atoms with Gasteiger partial charge in [0.2, 0.25) is 0 Å². The molecule has 0 saturated heterocycles. The number of nitrogens with zero attached hydrogens (tertiary/aromatic N) is 4. The fourth-order valence-corrected chi connectivity index (χ4v) is 1.45. The third-order valence-electron chi connectivity index (χ3n) is 2.28. The Morgan fingerprint density at radius 3 is 2.94 bits per heavy atom. The highest BCUT2D eigenvalue weighted by atomic mass is 15.4. The fraction of sp³-hybridized carbons (Fsp3) is 0.364. The molecular formula is C11H15N5. The Balaban J connectivity index is 2.26. The molecule has 2 aromatic heterocycles. The number of hydrogen-bond donors (Lipinski definition) is 1. The van der Waals surface area contributed by atoms with Gasteiger partial charge >= 0.3 is 0 Å². The zero-order chi connectivity index (χ0) is 11.4. The number of nitrogens with one attached hydrogen (secondary N) is 1. The molecule has 0 aliphatic rings. The largest absolute Gasteiger partial charge is 0.370 e. The molecule has 5 heteroatoms. The molecule has 0 fully saturated rings. The predicted octanol–water partition coefficient (Wildman–Crippen LogP) is 1.70. The summed E-state index contributed by atoms with van der Waals surface area (Å²) in [6, 6.07) is 5.89. The zero-order valence-electron chi connectivity index (χ0n) is 9.51. The molecule has 0 radical (unpaired) electrons. The second kappa shape index (κ2) is 4.74. The SMILES string of the molecule is CCCNc1cccc(-c2cnnn2C)n1. The highest BCUT2D eigenvalue weighted by molar-refractivity contribution is 5.56. The smallest absolute Gasteiger partial charge is 0.126 e. The Morgan fingerprint density at radius 2 is 2.25 bits per heavy atom. The molecule has 16 heavy (non-hydrogen) atoms. The average Bonchev–Trinajstić information content (AvgIpc) is 2.73. The minimum atomic E-state index is 0.883. The number of pyridine rings is 1. The molecule has 0 spiro atoms. The van der Waals surface area contributed by atoms with E-state index < -0.39 is 0 Å². The normalized spacial score (nSPS) is 10.4. The van der Waals surface area contributed by atoms with Gasteiger partial charge in [0.15, 0.2) is 0 Å². The Morgan fingerprint density at radius 1 is 1.38 bits per heavy atom. The number of rotatable bonds is 4. The molecule has 0 bridgehead atoms. The lowest BCUT2D eigenvalue weighted by molar-refractivity contribution is 0.719. The number of anilines is 1. The van der Waals surface area contributed by atoms with E-state index in [0.717, 1.165) is 30.2 Å². The molecule has 0 unspecified atom stereocenters. The number of aryl methyl sites for hydroxylation is 1. The van der Waals surface area contributed by atoms with Crippen LogP contribution in [0.2, 0.25) is 0 Å². The molecule has 0 atom stereocenters. The van der Waals surface area contributed by atoms with Crippen LogP contribution in [0, 0.1) is 0 Å². The molecule has 2 rings (SSSR count). The Kier molecular flexibility index (Phi) is 3.14. The van der Waals surface area contributed by atoms with Gasteiger partial charge < -0.3 is 5.32 Å². The summed E-state index contributed by atoms with van der Waals surface area (Å²) in [5.41, 5.74) is 1.80. The lowest BCUT2D eigenvalue weighted by atomic mass is 10.3. The van der Waals surface area contributed by atoms with E-state index in [4.69, 9.17) is 0 Å². The monoisotopic (exact) mass is 217 g/mol. The molecule has 0 aliphatic carbocycles. The van der Waals surface area contributed by atoms with Crippen LogP contribution in [-0.2, 0) is 7.05 Å². The first-order valence-electron chi connectivity index (χ1n) is 5.37. The molecule has 1 N–H and O–H groups in total. The minimum absolute atomic E-state index is 0.883. The molecule has 0 saturated carbocycles. The van der Waals surface area contributed by atoms with Crippen LogP contribution >= 0.6 is 0 Å². The number of aromatic nitrogens is 4. The summed E-state index contributed by atoms with van der Waals surface area (Å²) in [6.07, 6.45) is 2.80. The summed E-state index contributed by atoms with van der Waals surface area (Å²) in [7, 11) is 1.86. The first-order valence-corrected chi connectivity index (χ1v) is 5.37. The second-order valence-corrected chi connectivity index (χ2v) is 3.58. The van der Waals surface area contributed by atoms with Crippen molar-refractivity contribution < 1.29 is 0 Å². The van der Waals surface area contributed by atoms with Gasteiger partial charge in [-0.3, -0.25) is 0 Å². The van der Waals surface area contributed by atoms with E-state index in [0.29, 0.717) is 0 Å². The van der Waals surface area contributed by atoms with Crippen molar-refractivity contribution in [1.82, 2.24) is 20.0 Å². The summed E-state index contributed by atoms with van der Waals surface area (Å²) in [5.74, 6) is 0.889. The summed E-state index contributed by atoms with van der Waals surface area (Å²) in [6.45, 7) is 3.06. The molecule has 2 aromatic rings. The first-order chi connectivity index (χ1) is 7.81. The van der Waals surface area contributed by atoms with Crippen molar-refractivity contribution in [3.63, 3.8) is 0 Å². The molecule has 84 valence electrons. The van der Waals surface area contributed by atoms with Crippen molar-refractivity contribution in [3.8, 4) is 11.4 Å². The Hall–Kier alpha value is -1.91. The van der Waals surface area contributed by atoms with Crippen molar-refractivity contribution in [1.29, 1.82) is 0 Å². The molecule has 5 nitrogen and oxygen atoms in total. The minimum Gasteiger partial charge on any atom is -0.370 e. The third-order valence-corrected chi connectivity index (χ3v) is 2.28. The summed E-state index contributed by atoms with van der Waals surface area (Å²) in [4.78, 5) is 4.50. The zero-order valence-corrected chi connectivity index (χ0v) is 9.51. The van der Waals surface area contributed by atoms with Crippen LogP contribution in [0.15, 0.2) is 24.4 Å². The van der Waals surface area contributed by atoms with Gasteiger partial charge in [0.25, 0.3) is 0 Å². The standard InChI is InChI=1S/C11H15N5/c1-3-7-12-11-6-4-5-9(14-11)10-8-13-15-16(10)2/h4-6,8H,3,7H2,1-2H3,(H,12,14). The van der Waals surface area contributed by atoms with Gasteiger partial charge in [0.1, 0.15) is 11.5 Å². The van der Waals surface area contributed by atoms with Gasteiger partial charge in [-0.25, -0.2) is 9.67 Å². The van der Waals surface area contributed by atoms with Gasteiger partial charge in [-0.2, -0.15) is 0 Å². The van der Waals surface area contributed by atoms with E-state index in [1.54, 1.807) is 10.9 Å². The van der Waals surface area contributed by atoms with Crippen molar-refractivity contribution in [3.05, 3.63) is 24.4 Å². The quantitative estimate of drug-likeness (QED) is 0.846. The average molecular weight is 217 g/mol. The fourth-order valence-electron chi connectivity index (χ4n) is 1.45. The van der Waals surface area contributed by atoms with Crippen LogP contribution in [-0.4, -0.2) is 26.5 Å². The van der Waals surface area contributed by atoms with Crippen molar-refractivity contribution >= 4 is 5.82 Å². The van der Waals surface area contributed by atoms with Crippen LogP contribution in [0.5, 0.6) is 0 Å². The lowest BCUT2D eigenvalue weighted by Gasteiger charge is -2.05. The molecular weight excluding hydrogens is 202 g/mol. The highest BCUT2D eigenvalue weighted by Crippen LogP contribution is 2.16. The molecule has 2 heterocycles.